The molecule has 2 N–H and O–H groups in total. The summed E-state index contributed by atoms with van der Waals surface area (Å²) < 4.78 is 27.8. The van der Waals surface area contributed by atoms with Crippen LogP contribution in [0.5, 0.6) is 5.75 Å². The van der Waals surface area contributed by atoms with Gasteiger partial charge in [-0.25, -0.2) is 8.42 Å². The van der Waals surface area contributed by atoms with Gasteiger partial charge in [0.1, 0.15) is 15.6 Å². The largest absolute Gasteiger partial charge is 0.494 e. The second kappa shape index (κ2) is 10.0. The molecule has 1 rings (SSSR count). The van der Waals surface area contributed by atoms with E-state index in [1.807, 2.05) is 37.3 Å². The maximum Gasteiger partial charge on any atom is 0.191 e. The molecule has 124 valence electrons. The number of nitrogens with one attached hydrogen (secondary N) is 2. The number of aliphatic imine (C=N–C) groups is 1. The Bertz CT molecular complexity index is 544. The second-order valence-electron chi connectivity index (χ2n) is 4.83. The summed E-state index contributed by atoms with van der Waals surface area (Å²) in [6.45, 7) is 4.25. The van der Waals surface area contributed by atoms with Crippen molar-refractivity contribution in [1.82, 2.24) is 10.6 Å². The fourth-order valence-corrected chi connectivity index (χ4v) is 2.13. The maximum atomic E-state index is 11.1. The van der Waals surface area contributed by atoms with Crippen LogP contribution in [0.2, 0.25) is 0 Å². The minimum Gasteiger partial charge on any atom is -0.494 e. The molecule has 6 nitrogen and oxygen atoms in total. The Morgan fingerprint density at radius 1 is 1.23 bits per heavy atom. The van der Waals surface area contributed by atoms with Gasteiger partial charge in [-0.3, -0.25) is 4.99 Å². The summed E-state index contributed by atoms with van der Waals surface area (Å²) in [6.07, 6.45) is 2.01. The minimum absolute atomic E-state index is 0.0918. The molecule has 7 heteroatoms. The quantitative estimate of drug-likeness (QED) is 0.403. The standard InChI is InChI=1S/C15H25N3O3S/c1-3-16-15(18-11-13-22(2,19)20)17-10-7-12-21-14-8-5-4-6-9-14/h4-6,8-9H,3,7,10-13H2,1-2H3,(H2,16,17,18). The fraction of sp³-hybridized carbons (Fsp3) is 0.533. The van der Waals surface area contributed by atoms with Crippen LogP contribution in [0.3, 0.4) is 0 Å². The van der Waals surface area contributed by atoms with Gasteiger partial charge in [0.05, 0.1) is 12.4 Å². The molecule has 0 heterocycles. The number of rotatable bonds is 9. The van der Waals surface area contributed by atoms with Crippen LogP contribution >= 0.6 is 0 Å². The highest BCUT2D eigenvalue weighted by atomic mass is 32.2. The van der Waals surface area contributed by atoms with Gasteiger partial charge in [0.2, 0.25) is 0 Å². The van der Waals surface area contributed by atoms with Crippen LogP contribution < -0.4 is 15.4 Å². The van der Waals surface area contributed by atoms with Crippen molar-refractivity contribution in [2.45, 2.75) is 13.3 Å². The van der Waals surface area contributed by atoms with E-state index in [1.165, 1.54) is 6.26 Å². The van der Waals surface area contributed by atoms with Gasteiger partial charge in [-0.05, 0) is 19.1 Å². The lowest BCUT2D eigenvalue weighted by atomic mass is 10.3. The second-order valence-corrected chi connectivity index (χ2v) is 7.09. The van der Waals surface area contributed by atoms with Gasteiger partial charge >= 0.3 is 0 Å². The van der Waals surface area contributed by atoms with Gasteiger partial charge < -0.3 is 15.4 Å². The van der Waals surface area contributed by atoms with Crippen molar-refractivity contribution in [2.24, 2.45) is 4.99 Å². The van der Waals surface area contributed by atoms with Crippen LogP contribution in [0.1, 0.15) is 13.3 Å². The summed E-state index contributed by atoms with van der Waals surface area (Å²) in [5, 5.41) is 6.09. The summed E-state index contributed by atoms with van der Waals surface area (Å²) in [7, 11) is -2.96. The highest BCUT2D eigenvalue weighted by molar-refractivity contribution is 7.90. The molecule has 0 saturated heterocycles. The van der Waals surface area contributed by atoms with Crippen molar-refractivity contribution in [1.29, 1.82) is 0 Å². The number of para-hydroxylation sites is 1. The molecule has 22 heavy (non-hydrogen) atoms. The van der Waals surface area contributed by atoms with Crippen LogP contribution in [0.25, 0.3) is 0 Å². The van der Waals surface area contributed by atoms with Gasteiger partial charge in [-0.15, -0.1) is 0 Å². The molecule has 0 spiro atoms. The highest BCUT2D eigenvalue weighted by Crippen LogP contribution is 2.08. The molecule has 0 aliphatic rings. The van der Waals surface area contributed by atoms with Crippen LogP contribution in [-0.4, -0.2) is 52.6 Å². The Morgan fingerprint density at radius 3 is 2.59 bits per heavy atom. The molecular formula is C15H25N3O3S. The third kappa shape index (κ3) is 9.23. The van der Waals surface area contributed by atoms with Gasteiger partial charge in [0, 0.05) is 32.3 Å². The van der Waals surface area contributed by atoms with Crippen molar-refractivity contribution in [2.75, 3.05) is 38.2 Å². The first-order valence-corrected chi connectivity index (χ1v) is 9.45. The molecule has 1 aromatic carbocycles. The third-order valence-electron chi connectivity index (χ3n) is 2.69. The van der Waals surface area contributed by atoms with E-state index in [0.717, 1.165) is 18.7 Å². The third-order valence-corrected chi connectivity index (χ3v) is 3.64. The van der Waals surface area contributed by atoms with Gasteiger partial charge in [0.25, 0.3) is 0 Å². The molecule has 0 unspecified atom stereocenters. The SMILES string of the molecule is CCNC(=NCCCOc1ccccc1)NCCS(C)(=O)=O. The monoisotopic (exact) mass is 327 g/mol. The van der Waals surface area contributed by atoms with Gasteiger partial charge in [-0.1, -0.05) is 18.2 Å². The molecule has 1 aromatic rings. The number of guanidine groups is 1. The van der Waals surface area contributed by atoms with Crippen LogP contribution in [0.15, 0.2) is 35.3 Å². The summed E-state index contributed by atoms with van der Waals surface area (Å²) in [5.74, 6) is 1.57. The topological polar surface area (TPSA) is 79.8 Å². The van der Waals surface area contributed by atoms with E-state index in [1.54, 1.807) is 0 Å². The van der Waals surface area contributed by atoms with Crippen molar-refractivity contribution in [3.05, 3.63) is 30.3 Å². The average molecular weight is 327 g/mol. The minimum atomic E-state index is -2.96. The zero-order valence-electron chi connectivity index (χ0n) is 13.2. The lowest BCUT2D eigenvalue weighted by Gasteiger charge is -2.11. The number of sulfone groups is 1. The number of hydrogen-bond donors (Lipinski definition) is 2. The van der Waals surface area contributed by atoms with Crippen molar-refractivity contribution in [3.8, 4) is 5.75 Å². The smallest absolute Gasteiger partial charge is 0.191 e. The van der Waals surface area contributed by atoms with E-state index in [9.17, 15) is 8.42 Å². The fourth-order valence-electron chi connectivity index (χ4n) is 1.66. The molecule has 0 radical (unpaired) electrons. The van der Waals surface area contributed by atoms with Crippen molar-refractivity contribution in [3.63, 3.8) is 0 Å². The summed E-state index contributed by atoms with van der Waals surface area (Å²) in [5.41, 5.74) is 0. The van der Waals surface area contributed by atoms with Gasteiger partial charge in [0.15, 0.2) is 5.96 Å². The van der Waals surface area contributed by atoms with E-state index >= 15 is 0 Å². The van der Waals surface area contributed by atoms with E-state index in [0.29, 0.717) is 25.7 Å². The zero-order chi connectivity index (χ0) is 16.3. The first-order valence-electron chi connectivity index (χ1n) is 7.39. The highest BCUT2D eigenvalue weighted by Gasteiger charge is 2.02. The zero-order valence-corrected chi connectivity index (χ0v) is 14.0. The predicted octanol–water partition coefficient (Wildman–Crippen LogP) is 1.06. The van der Waals surface area contributed by atoms with E-state index in [-0.39, 0.29) is 5.75 Å². The van der Waals surface area contributed by atoms with Crippen LogP contribution in [0.4, 0.5) is 0 Å². The molecule has 0 aromatic heterocycles. The Hall–Kier alpha value is -1.76. The van der Waals surface area contributed by atoms with Crippen molar-refractivity contribution >= 4 is 15.8 Å². The average Bonchev–Trinajstić information content (AvgIpc) is 2.46. The van der Waals surface area contributed by atoms with E-state index in [2.05, 4.69) is 15.6 Å². The Balaban J connectivity index is 2.26. The molecule has 0 fully saturated rings. The molecular weight excluding hydrogens is 302 g/mol. The van der Waals surface area contributed by atoms with Crippen molar-refractivity contribution < 1.29 is 13.2 Å². The van der Waals surface area contributed by atoms with Gasteiger partial charge in [-0.2, -0.15) is 0 Å². The normalized spacial score (nSPS) is 12.0. The molecule has 0 amide bonds. The molecule has 0 saturated carbocycles. The van der Waals surface area contributed by atoms with E-state index in [4.69, 9.17) is 4.74 Å². The number of benzene rings is 1. The maximum absolute atomic E-state index is 11.1. The number of hydrogen-bond acceptors (Lipinski definition) is 4. The lowest BCUT2D eigenvalue weighted by molar-refractivity contribution is 0.313. The lowest BCUT2D eigenvalue weighted by Crippen LogP contribution is -2.39. The summed E-state index contributed by atoms with van der Waals surface area (Å²) in [6, 6.07) is 9.65. The van der Waals surface area contributed by atoms with E-state index < -0.39 is 9.84 Å². The van der Waals surface area contributed by atoms with Crippen LogP contribution in [-0.2, 0) is 9.84 Å². The molecule has 0 bridgehead atoms. The first-order chi connectivity index (χ1) is 10.5. The van der Waals surface area contributed by atoms with Crippen LogP contribution in [0, 0.1) is 0 Å². The predicted molar refractivity (Wildman–Crippen MR) is 90.2 cm³/mol. The molecule has 0 aliphatic heterocycles. The summed E-state index contributed by atoms with van der Waals surface area (Å²) in [4.78, 5) is 4.38. The molecule has 0 aliphatic carbocycles. The summed E-state index contributed by atoms with van der Waals surface area (Å²) >= 11 is 0. The Kier molecular flexibility index (Phi) is 8.35. The number of nitrogens with zero attached hydrogens (tertiary/aromatic N) is 1. The first kappa shape index (κ1) is 18.3. The Labute approximate surface area is 132 Å². The molecule has 0 atom stereocenters. The Morgan fingerprint density at radius 2 is 1.95 bits per heavy atom. The number of ether oxygens (including phenoxy) is 1.